The van der Waals surface area contributed by atoms with Gasteiger partial charge in [-0.2, -0.15) is 0 Å². The van der Waals surface area contributed by atoms with Gasteiger partial charge < -0.3 is 15.1 Å². The maximum Gasteiger partial charge on any atom is 0.237 e. The molecule has 1 atom stereocenters. The topological polar surface area (TPSA) is 100 Å². The van der Waals surface area contributed by atoms with E-state index in [-0.39, 0.29) is 18.2 Å². The van der Waals surface area contributed by atoms with E-state index in [1.54, 1.807) is 0 Å². The van der Waals surface area contributed by atoms with E-state index in [1.807, 2.05) is 30.9 Å². The molecule has 25 heavy (non-hydrogen) atoms. The number of hydrogen-bond acceptors (Lipinski definition) is 7. The van der Waals surface area contributed by atoms with Crippen LogP contribution in [0.25, 0.3) is 0 Å². The first-order valence-electron chi connectivity index (χ1n) is 8.14. The lowest BCUT2D eigenvalue weighted by molar-refractivity contribution is -0.134. The number of nitrogens with zero attached hydrogens (tertiary/aromatic N) is 3. The average Bonchev–Trinajstić information content (AvgIpc) is 3.17. The number of carbonyl (C=O) groups is 2. The third-order valence-electron chi connectivity index (χ3n) is 3.98. The fourth-order valence-corrected chi connectivity index (χ4v) is 3.42. The predicted octanol–water partition coefficient (Wildman–Crippen LogP) is 0.755. The highest BCUT2D eigenvalue weighted by Crippen LogP contribution is 2.16. The Morgan fingerprint density at radius 1 is 1.44 bits per heavy atom. The van der Waals surface area contributed by atoms with Gasteiger partial charge in [0.2, 0.25) is 11.8 Å². The highest BCUT2D eigenvalue weighted by molar-refractivity contribution is 7.11. The summed E-state index contributed by atoms with van der Waals surface area (Å²) in [6, 6.07) is 3.29. The molecule has 3 rings (SSSR count). The van der Waals surface area contributed by atoms with Crippen LogP contribution in [-0.2, 0) is 22.7 Å². The van der Waals surface area contributed by atoms with Crippen LogP contribution >= 0.6 is 11.3 Å². The molecule has 2 aromatic heterocycles. The van der Waals surface area contributed by atoms with Gasteiger partial charge in [-0.3, -0.25) is 14.5 Å². The van der Waals surface area contributed by atoms with Crippen molar-refractivity contribution in [2.75, 3.05) is 13.1 Å². The Balaban J connectivity index is 1.58. The molecule has 0 unspecified atom stereocenters. The zero-order chi connectivity index (χ0) is 17.8. The fourth-order valence-electron chi connectivity index (χ4n) is 2.77. The second-order valence-electron chi connectivity index (χ2n) is 5.99. The van der Waals surface area contributed by atoms with Gasteiger partial charge in [-0.25, -0.2) is 0 Å². The summed E-state index contributed by atoms with van der Waals surface area (Å²) in [4.78, 5) is 26.5. The van der Waals surface area contributed by atoms with Gasteiger partial charge in [-0.05, 0) is 26.0 Å². The fraction of sp³-hybridized carbons (Fsp3) is 0.500. The number of aromatic nitrogens is 2. The Morgan fingerprint density at radius 3 is 2.96 bits per heavy atom. The molecule has 0 radical (unpaired) electrons. The normalized spacial score (nSPS) is 18.2. The molecule has 2 aromatic rings. The summed E-state index contributed by atoms with van der Waals surface area (Å²) in [6.45, 7) is 5.83. The second-order valence-corrected chi connectivity index (χ2v) is 7.25. The molecule has 1 fully saturated rings. The van der Waals surface area contributed by atoms with E-state index in [1.165, 1.54) is 11.3 Å². The Morgan fingerprint density at radius 2 is 2.28 bits per heavy atom. The van der Waals surface area contributed by atoms with Gasteiger partial charge >= 0.3 is 0 Å². The Kier molecular flexibility index (Phi) is 5.44. The number of amides is 2. The molecule has 0 aromatic carbocycles. The molecule has 1 saturated heterocycles. The van der Waals surface area contributed by atoms with E-state index in [0.717, 1.165) is 21.5 Å². The third-order valence-corrected chi connectivity index (χ3v) is 4.82. The van der Waals surface area contributed by atoms with Crippen molar-refractivity contribution in [2.24, 2.45) is 0 Å². The van der Waals surface area contributed by atoms with Crippen LogP contribution in [0.4, 0.5) is 0 Å². The molecule has 2 amide bonds. The molecular formula is C16H21N5O3S. The summed E-state index contributed by atoms with van der Waals surface area (Å²) in [5, 5.41) is 15.1. The molecule has 1 aliphatic rings. The maximum atomic E-state index is 12.3. The smallest absolute Gasteiger partial charge is 0.237 e. The van der Waals surface area contributed by atoms with Crippen molar-refractivity contribution in [3.63, 3.8) is 0 Å². The van der Waals surface area contributed by atoms with Crippen LogP contribution in [0.5, 0.6) is 0 Å². The van der Waals surface area contributed by atoms with Crippen molar-refractivity contribution in [3.8, 4) is 0 Å². The third kappa shape index (κ3) is 4.64. The Labute approximate surface area is 149 Å². The molecule has 0 aliphatic carbocycles. The predicted molar refractivity (Wildman–Crippen MR) is 91.8 cm³/mol. The number of furan rings is 1. The molecule has 0 spiro atoms. The first-order valence-corrected chi connectivity index (χ1v) is 8.95. The molecule has 1 aliphatic heterocycles. The highest BCUT2D eigenvalue weighted by atomic mass is 32.1. The molecule has 2 N–H and O–H groups in total. The SMILES string of the molecule is Cc1ccc(CN2CCNC(=O)[C@@H]2CC(=O)NCc2nnc(C)s2)o1. The van der Waals surface area contributed by atoms with Gasteiger partial charge in [0.25, 0.3) is 0 Å². The first-order chi connectivity index (χ1) is 12.0. The van der Waals surface area contributed by atoms with E-state index in [2.05, 4.69) is 20.8 Å². The first kappa shape index (κ1) is 17.6. The summed E-state index contributed by atoms with van der Waals surface area (Å²) in [5.74, 6) is 1.31. The van der Waals surface area contributed by atoms with Crippen molar-refractivity contribution in [3.05, 3.63) is 33.7 Å². The van der Waals surface area contributed by atoms with Crippen molar-refractivity contribution in [2.45, 2.75) is 39.4 Å². The number of nitrogens with one attached hydrogen (secondary N) is 2. The highest BCUT2D eigenvalue weighted by Gasteiger charge is 2.32. The monoisotopic (exact) mass is 363 g/mol. The summed E-state index contributed by atoms with van der Waals surface area (Å²) < 4.78 is 5.59. The average molecular weight is 363 g/mol. The van der Waals surface area contributed by atoms with Gasteiger partial charge in [0.15, 0.2) is 0 Å². The molecule has 8 nitrogen and oxygen atoms in total. The van der Waals surface area contributed by atoms with Crippen molar-refractivity contribution in [1.29, 1.82) is 0 Å². The minimum absolute atomic E-state index is 0.101. The zero-order valence-corrected chi connectivity index (χ0v) is 15.1. The van der Waals surface area contributed by atoms with E-state index in [4.69, 9.17) is 4.42 Å². The zero-order valence-electron chi connectivity index (χ0n) is 14.2. The standard InChI is InChI=1S/C16H21N5O3S/c1-10-3-4-12(24-10)9-21-6-5-17-16(23)13(21)7-14(22)18-8-15-20-19-11(2)25-15/h3-4,13H,5-9H2,1-2H3,(H,17,23)(H,18,22)/t13-/m0/s1. The van der Waals surface area contributed by atoms with Gasteiger partial charge in [-0.15, -0.1) is 10.2 Å². The van der Waals surface area contributed by atoms with Crippen LogP contribution < -0.4 is 10.6 Å². The van der Waals surface area contributed by atoms with Gasteiger partial charge in [-0.1, -0.05) is 11.3 Å². The summed E-state index contributed by atoms with van der Waals surface area (Å²) in [5.41, 5.74) is 0. The van der Waals surface area contributed by atoms with Crippen LogP contribution in [0.1, 0.15) is 28.0 Å². The Bertz CT molecular complexity index is 757. The lowest BCUT2D eigenvalue weighted by Crippen LogP contribution is -2.56. The van der Waals surface area contributed by atoms with Crippen LogP contribution in [0.15, 0.2) is 16.5 Å². The minimum atomic E-state index is -0.504. The molecular weight excluding hydrogens is 342 g/mol. The second kappa shape index (κ2) is 7.75. The number of hydrogen-bond donors (Lipinski definition) is 2. The van der Waals surface area contributed by atoms with Crippen LogP contribution in [0, 0.1) is 13.8 Å². The number of piperazine rings is 1. The molecule has 0 saturated carbocycles. The van der Waals surface area contributed by atoms with Crippen LogP contribution in [0.2, 0.25) is 0 Å². The van der Waals surface area contributed by atoms with E-state index >= 15 is 0 Å². The van der Waals surface area contributed by atoms with E-state index in [9.17, 15) is 9.59 Å². The van der Waals surface area contributed by atoms with Crippen LogP contribution in [0.3, 0.4) is 0 Å². The summed E-state index contributed by atoms with van der Waals surface area (Å²) in [7, 11) is 0. The van der Waals surface area contributed by atoms with Gasteiger partial charge in [0.1, 0.15) is 21.5 Å². The van der Waals surface area contributed by atoms with Crippen LogP contribution in [-0.4, -0.2) is 46.0 Å². The lowest BCUT2D eigenvalue weighted by atomic mass is 10.1. The summed E-state index contributed by atoms with van der Waals surface area (Å²) >= 11 is 1.44. The number of rotatable bonds is 6. The maximum absolute atomic E-state index is 12.3. The lowest BCUT2D eigenvalue weighted by Gasteiger charge is -2.34. The summed E-state index contributed by atoms with van der Waals surface area (Å²) in [6.07, 6.45) is 0.101. The molecule has 3 heterocycles. The van der Waals surface area contributed by atoms with Crippen molar-refractivity contribution in [1.82, 2.24) is 25.7 Å². The van der Waals surface area contributed by atoms with Gasteiger partial charge in [0.05, 0.1) is 25.6 Å². The molecule has 134 valence electrons. The number of aryl methyl sites for hydroxylation is 2. The quantitative estimate of drug-likeness (QED) is 0.786. The Hall–Kier alpha value is -2.26. The van der Waals surface area contributed by atoms with Gasteiger partial charge in [0, 0.05) is 13.1 Å². The minimum Gasteiger partial charge on any atom is -0.465 e. The van der Waals surface area contributed by atoms with Crippen molar-refractivity contribution >= 4 is 23.2 Å². The van der Waals surface area contributed by atoms with Crippen molar-refractivity contribution < 1.29 is 14.0 Å². The molecule has 0 bridgehead atoms. The number of carbonyl (C=O) groups excluding carboxylic acids is 2. The molecule has 9 heteroatoms. The van der Waals surface area contributed by atoms with E-state index in [0.29, 0.717) is 26.2 Å². The largest absolute Gasteiger partial charge is 0.465 e. The van der Waals surface area contributed by atoms with E-state index < -0.39 is 6.04 Å².